The number of hydrogen-bond donors (Lipinski definition) is 1. The first-order valence-electron chi connectivity index (χ1n) is 8.20. The molecule has 2 aliphatic heterocycles. The van der Waals surface area contributed by atoms with Crippen LogP contribution in [-0.4, -0.2) is 29.1 Å². The van der Waals surface area contributed by atoms with Crippen LogP contribution in [0.4, 0.5) is 0 Å². The Labute approximate surface area is 112 Å². The van der Waals surface area contributed by atoms with Gasteiger partial charge in [0, 0.05) is 24.2 Å². The lowest BCUT2D eigenvalue weighted by Gasteiger charge is -2.48. The molecule has 0 aromatic heterocycles. The summed E-state index contributed by atoms with van der Waals surface area (Å²) in [5.74, 6) is 1.79. The number of nitrogens with two attached hydrogens (primary N) is 1. The van der Waals surface area contributed by atoms with Gasteiger partial charge in [0.2, 0.25) is 0 Å². The molecule has 0 aromatic carbocycles. The maximum absolute atomic E-state index is 6.22. The van der Waals surface area contributed by atoms with Gasteiger partial charge in [-0.25, -0.2) is 0 Å². The summed E-state index contributed by atoms with van der Waals surface area (Å²) in [5.41, 5.74) is 6.22. The molecule has 0 spiro atoms. The van der Waals surface area contributed by atoms with E-state index in [9.17, 15) is 0 Å². The topological polar surface area (TPSA) is 29.3 Å². The minimum atomic E-state index is 0.486. The van der Waals surface area contributed by atoms with Crippen LogP contribution in [-0.2, 0) is 0 Å². The smallest absolute Gasteiger partial charge is 0.0132 e. The fraction of sp³-hybridized carbons (Fsp3) is 1.00. The van der Waals surface area contributed by atoms with E-state index < -0.39 is 0 Å². The van der Waals surface area contributed by atoms with Crippen LogP contribution in [0.15, 0.2) is 0 Å². The molecule has 3 rings (SSSR count). The van der Waals surface area contributed by atoms with Crippen molar-refractivity contribution in [3.05, 3.63) is 0 Å². The number of hydrogen-bond acceptors (Lipinski definition) is 2. The molecule has 104 valence electrons. The molecule has 0 aromatic rings. The van der Waals surface area contributed by atoms with Crippen molar-refractivity contribution in [2.24, 2.45) is 17.6 Å². The molecule has 0 radical (unpaired) electrons. The van der Waals surface area contributed by atoms with E-state index in [0.717, 1.165) is 30.0 Å². The third-order valence-electron chi connectivity index (χ3n) is 5.85. The second-order valence-corrected chi connectivity index (χ2v) is 7.32. The molecular weight excluding hydrogens is 220 g/mol. The molecule has 4 unspecified atom stereocenters. The van der Waals surface area contributed by atoms with Gasteiger partial charge in [0.1, 0.15) is 0 Å². The van der Waals surface area contributed by atoms with Crippen LogP contribution in [0.5, 0.6) is 0 Å². The van der Waals surface area contributed by atoms with Crippen molar-refractivity contribution in [1.82, 2.24) is 4.90 Å². The van der Waals surface area contributed by atoms with Gasteiger partial charge in [-0.1, -0.05) is 26.7 Å². The predicted molar refractivity (Wildman–Crippen MR) is 76.4 cm³/mol. The Bertz CT molecular complexity index is 275. The van der Waals surface area contributed by atoms with Gasteiger partial charge >= 0.3 is 0 Å². The first kappa shape index (κ1) is 12.9. The normalized spacial score (nSPS) is 45.7. The molecule has 2 heteroatoms. The van der Waals surface area contributed by atoms with E-state index in [1.165, 1.54) is 51.4 Å². The summed E-state index contributed by atoms with van der Waals surface area (Å²) in [6.45, 7) is 4.86. The van der Waals surface area contributed by atoms with Gasteiger partial charge in [0.05, 0.1) is 0 Å². The highest BCUT2D eigenvalue weighted by Crippen LogP contribution is 2.43. The lowest BCUT2D eigenvalue weighted by Crippen LogP contribution is -2.55. The average molecular weight is 250 g/mol. The molecule has 2 nitrogen and oxygen atoms in total. The highest BCUT2D eigenvalue weighted by Gasteiger charge is 2.45. The third-order valence-corrected chi connectivity index (χ3v) is 5.85. The zero-order chi connectivity index (χ0) is 12.7. The first-order chi connectivity index (χ1) is 8.66. The Morgan fingerprint density at radius 3 is 2.17 bits per heavy atom. The standard InChI is InChI=1S/C16H30N2/c1-11(2)15-5-3-4-6-16(15)18-13-7-8-14(18)10-12(17)9-13/h11-16H,3-10,17H2,1-2H3. The maximum atomic E-state index is 6.22. The van der Waals surface area contributed by atoms with Gasteiger partial charge in [-0.15, -0.1) is 0 Å². The molecule has 2 N–H and O–H groups in total. The van der Waals surface area contributed by atoms with Crippen molar-refractivity contribution >= 4 is 0 Å². The van der Waals surface area contributed by atoms with E-state index >= 15 is 0 Å². The molecule has 2 bridgehead atoms. The molecule has 4 atom stereocenters. The zero-order valence-corrected chi connectivity index (χ0v) is 12.1. The zero-order valence-electron chi connectivity index (χ0n) is 12.1. The van der Waals surface area contributed by atoms with E-state index in [1.807, 2.05) is 0 Å². The minimum Gasteiger partial charge on any atom is -0.328 e. The Hall–Kier alpha value is -0.0800. The second kappa shape index (κ2) is 5.13. The van der Waals surface area contributed by atoms with Crippen LogP contribution in [0.1, 0.15) is 65.2 Å². The average Bonchev–Trinajstić information content (AvgIpc) is 2.61. The Balaban J connectivity index is 1.76. The molecule has 1 aliphatic carbocycles. The molecule has 3 aliphatic rings. The summed E-state index contributed by atoms with van der Waals surface area (Å²) in [6.07, 6.45) is 11.2. The second-order valence-electron chi connectivity index (χ2n) is 7.32. The summed E-state index contributed by atoms with van der Waals surface area (Å²) in [6, 6.07) is 3.01. The summed E-state index contributed by atoms with van der Waals surface area (Å²) in [5, 5.41) is 0. The van der Waals surface area contributed by atoms with Crippen LogP contribution in [0.2, 0.25) is 0 Å². The van der Waals surface area contributed by atoms with Crippen molar-refractivity contribution in [3.63, 3.8) is 0 Å². The summed E-state index contributed by atoms with van der Waals surface area (Å²) in [4.78, 5) is 2.94. The molecule has 0 amide bonds. The molecule has 2 saturated heterocycles. The third kappa shape index (κ3) is 2.22. The first-order valence-corrected chi connectivity index (χ1v) is 8.20. The Kier molecular flexibility index (Phi) is 3.68. The molecular formula is C16H30N2. The van der Waals surface area contributed by atoms with Crippen molar-refractivity contribution in [3.8, 4) is 0 Å². The van der Waals surface area contributed by atoms with Gasteiger partial charge in [0.25, 0.3) is 0 Å². The fourth-order valence-corrected chi connectivity index (χ4v) is 5.08. The van der Waals surface area contributed by atoms with Crippen molar-refractivity contribution in [2.75, 3.05) is 0 Å². The monoisotopic (exact) mass is 250 g/mol. The van der Waals surface area contributed by atoms with Gasteiger partial charge in [-0.3, -0.25) is 4.90 Å². The summed E-state index contributed by atoms with van der Waals surface area (Å²) in [7, 11) is 0. The van der Waals surface area contributed by atoms with E-state index in [-0.39, 0.29) is 0 Å². The van der Waals surface area contributed by atoms with Crippen molar-refractivity contribution in [2.45, 2.75) is 89.4 Å². The lowest BCUT2D eigenvalue weighted by molar-refractivity contribution is 0.0121. The van der Waals surface area contributed by atoms with Crippen molar-refractivity contribution in [1.29, 1.82) is 0 Å². The molecule has 3 fully saturated rings. The quantitative estimate of drug-likeness (QED) is 0.815. The van der Waals surface area contributed by atoms with Crippen LogP contribution in [0, 0.1) is 11.8 Å². The molecule has 18 heavy (non-hydrogen) atoms. The highest BCUT2D eigenvalue weighted by atomic mass is 15.3. The highest BCUT2D eigenvalue weighted by molar-refractivity contribution is 5.01. The van der Waals surface area contributed by atoms with E-state index in [2.05, 4.69) is 18.7 Å². The minimum absolute atomic E-state index is 0.486. The number of nitrogens with zero attached hydrogens (tertiary/aromatic N) is 1. The van der Waals surface area contributed by atoms with Crippen LogP contribution < -0.4 is 5.73 Å². The largest absolute Gasteiger partial charge is 0.328 e. The maximum Gasteiger partial charge on any atom is 0.0132 e. The van der Waals surface area contributed by atoms with E-state index in [4.69, 9.17) is 5.73 Å². The summed E-state index contributed by atoms with van der Waals surface area (Å²) >= 11 is 0. The van der Waals surface area contributed by atoms with Gasteiger partial charge in [-0.05, 0) is 50.4 Å². The lowest BCUT2D eigenvalue weighted by atomic mass is 9.75. The Morgan fingerprint density at radius 2 is 1.56 bits per heavy atom. The van der Waals surface area contributed by atoms with Gasteiger partial charge < -0.3 is 5.73 Å². The molecule has 1 saturated carbocycles. The number of fused-ring (bicyclic) bond motifs is 2. The van der Waals surface area contributed by atoms with Gasteiger partial charge in [0.15, 0.2) is 0 Å². The van der Waals surface area contributed by atoms with Gasteiger partial charge in [-0.2, -0.15) is 0 Å². The molecule has 2 heterocycles. The van der Waals surface area contributed by atoms with Crippen LogP contribution >= 0.6 is 0 Å². The number of rotatable bonds is 2. The SMILES string of the molecule is CC(C)C1CCCCC1N1C2CCC1CC(N)C2. The summed E-state index contributed by atoms with van der Waals surface area (Å²) < 4.78 is 0. The van der Waals surface area contributed by atoms with Crippen LogP contribution in [0.25, 0.3) is 0 Å². The fourth-order valence-electron chi connectivity index (χ4n) is 5.08. The van der Waals surface area contributed by atoms with E-state index in [1.54, 1.807) is 0 Å². The van der Waals surface area contributed by atoms with E-state index in [0.29, 0.717) is 6.04 Å². The predicted octanol–water partition coefficient (Wildman–Crippen LogP) is 3.16. The Morgan fingerprint density at radius 1 is 0.944 bits per heavy atom. The van der Waals surface area contributed by atoms with Crippen LogP contribution in [0.3, 0.4) is 0 Å². The van der Waals surface area contributed by atoms with Crippen molar-refractivity contribution < 1.29 is 0 Å². The number of piperidine rings is 1.